The van der Waals surface area contributed by atoms with Crippen LogP contribution in [0, 0.1) is 41.2 Å². The zero-order valence-corrected chi connectivity index (χ0v) is 11.5. The summed E-state index contributed by atoms with van der Waals surface area (Å²) in [6.07, 6.45) is 4.20. The first-order chi connectivity index (χ1) is 8.66. The Balaban J connectivity index is 1.58. The van der Waals surface area contributed by atoms with Crippen molar-refractivity contribution in [1.29, 1.82) is 0 Å². The Morgan fingerprint density at radius 1 is 1.06 bits per heavy atom. The van der Waals surface area contributed by atoms with Crippen LogP contribution < -0.4 is 0 Å². The molecule has 0 radical (unpaired) electrons. The first kappa shape index (κ1) is 11.4. The van der Waals surface area contributed by atoms with Crippen LogP contribution in [0.4, 0.5) is 8.78 Å². The number of halogens is 3. The van der Waals surface area contributed by atoms with Crippen LogP contribution in [0.15, 0.2) is 18.2 Å². The zero-order chi connectivity index (χ0) is 12.4. The topological polar surface area (TPSA) is 0 Å². The molecule has 3 saturated carbocycles. The average Bonchev–Trinajstić information content (AvgIpc) is 2.80. The van der Waals surface area contributed by atoms with Gasteiger partial charge in [0.2, 0.25) is 0 Å². The molecule has 3 fully saturated rings. The molecule has 0 aromatic heterocycles. The van der Waals surface area contributed by atoms with E-state index in [4.69, 9.17) is 0 Å². The molecule has 5 unspecified atom stereocenters. The van der Waals surface area contributed by atoms with Crippen LogP contribution in [0.1, 0.15) is 29.7 Å². The highest BCUT2D eigenvalue weighted by Gasteiger charge is 2.66. The average molecular weight is 313 g/mol. The third-order valence-corrected chi connectivity index (χ3v) is 6.53. The summed E-state index contributed by atoms with van der Waals surface area (Å²) in [6, 6.07) is 4.31. The smallest absolute Gasteiger partial charge is 0.159 e. The van der Waals surface area contributed by atoms with Gasteiger partial charge in [-0.15, -0.1) is 0 Å². The monoisotopic (exact) mass is 312 g/mol. The van der Waals surface area contributed by atoms with Gasteiger partial charge in [0, 0.05) is 4.83 Å². The van der Waals surface area contributed by atoms with Crippen LogP contribution in [0.3, 0.4) is 0 Å². The Morgan fingerprint density at radius 2 is 1.72 bits per heavy atom. The Labute approximate surface area is 114 Å². The Kier molecular flexibility index (Phi) is 2.39. The van der Waals surface area contributed by atoms with E-state index in [0.29, 0.717) is 5.92 Å². The van der Waals surface area contributed by atoms with Crippen LogP contribution in [0.5, 0.6) is 0 Å². The van der Waals surface area contributed by atoms with Crippen LogP contribution in [-0.4, -0.2) is 0 Å². The Morgan fingerprint density at radius 3 is 2.33 bits per heavy atom. The molecule has 0 amide bonds. The lowest BCUT2D eigenvalue weighted by Gasteiger charge is -2.15. The summed E-state index contributed by atoms with van der Waals surface area (Å²) in [5.41, 5.74) is 0.896. The van der Waals surface area contributed by atoms with Gasteiger partial charge in [-0.05, 0) is 66.5 Å². The molecule has 4 rings (SSSR count). The van der Waals surface area contributed by atoms with E-state index in [9.17, 15) is 8.78 Å². The second kappa shape index (κ2) is 3.78. The van der Waals surface area contributed by atoms with Gasteiger partial charge >= 0.3 is 0 Å². The van der Waals surface area contributed by atoms with Gasteiger partial charge < -0.3 is 0 Å². The second-order valence-corrected chi connectivity index (χ2v) is 7.13. The molecule has 18 heavy (non-hydrogen) atoms. The van der Waals surface area contributed by atoms with Crippen LogP contribution in [0.25, 0.3) is 0 Å². The third kappa shape index (κ3) is 1.46. The molecular weight excluding hydrogens is 298 g/mol. The summed E-state index contributed by atoms with van der Waals surface area (Å²) in [6.45, 7) is 0. The molecular formula is C15H15BrF2. The first-order valence-electron chi connectivity index (χ1n) is 6.76. The van der Waals surface area contributed by atoms with Crippen molar-refractivity contribution in [2.24, 2.45) is 29.6 Å². The van der Waals surface area contributed by atoms with Crippen molar-refractivity contribution in [1.82, 2.24) is 0 Å². The van der Waals surface area contributed by atoms with Crippen molar-refractivity contribution in [2.45, 2.75) is 24.1 Å². The van der Waals surface area contributed by atoms with Crippen molar-refractivity contribution >= 4 is 15.9 Å². The lowest BCUT2D eigenvalue weighted by Crippen LogP contribution is -2.04. The molecule has 1 aromatic carbocycles. The summed E-state index contributed by atoms with van der Waals surface area (Å²) < 4.78 is 26.2. The predicted molar refractivity (Wildman–Crippen MR) is 69.3 cm³/mol. The molecule has 3 aliphatic carbocycles. The van der Waals surface area contributed by atoms with Gasteiger partial charge in [0.15, 0.2) is 11.6 Å². The van der Waals surface area contributed by atoms with Gasteiger partial charge in [-0.2, -0.15) is 0 Å². The van der Waals surface area contributed by atoms with Gasteiger partial charge in [-0.25, -0.2) is 8.78 Å². The number of hydrogen-bond donors (Lipinski definition) is 0. The van der Waals surface area contributed by atoms with Gasteiger partial charge in [0.05, 0.1) is 0 Å². The summed E-state index contributed by atoms with van der Waals surface area (Å²) >= 11 is 3.72. The lowest BCUT2D eigenvalue weighted by atomic mass is 9.97. The molecule has 96 valence electrons. The maximum atomic E-state index is 13.3. The summed E-state index contributed by atoms with van der Waals surface area (Å²) in [4.78, 5) is 0.200. The standard InChI is InChI=1S/C15H15BrF2/c16-15(9-3-4-10(17)11(18)6-9)14-12-7-1-2-8(5-7)13(12)14/h3-4,6-8,12-15H,1-2,5H2. The van der Waals surface area contributed by atoms with Gasteiger partial charge in [-0.3, -0.25) is 0 Å². The maximum absolute atomic E-state index is 13.3. The van der Waals surface area contributed by atoms with Gasteiger partial charge in [0.1, 0.15) is 0 Å². The molecule has 0 aliphatic heterocycles. The molecule has 5 atom stereocenters. The van der Waals surface area contributed by atoms with Gasteiger partial charge in [0.25, 0.3) is 0 Å². The van der Waals surface area contributed by atoms with Crippen molar-refractivity contribution < 1.29 is 8.78 Å². The Bertz CT molecular complexity index is 485. The number of fused-ring (bicyclic) bond motifs is 5. The number of benzene rings is 1. The molecule has 0 N–H and O–H groups in total. The van der Waals surface area contributed by atoms with E-state index in [1.807, 2.05) is 0 Å². The lowest BCUT2D eigenvalue weighted by molar-refractivity contribution is 0.456. The predicted octanol–water partition coefficient (Wildman–Crippen LogP) is 4.69. The molecule has 0 nitrogen and oxygen atoms in total. The van der Waals surface area contributed by atoms with Crippen LogP contribution in [-0.2, 0) is 0 Å². The fourth-order valence-corrected chi connectivity index (χ4v) is 5.68. The minimum Gasteiger partial charge on any atom is -0.204 e. The highest BCUT2D eigenvalue weighted by atomic mass is 79.9. The fourth-order valence-electron chi connectivity index (χ4n) is 4.69. The van der Waals surface area contributed by atoms with Crippen LogP contribution >= 0.6 is 15.9 Å². The van der Waals surface area contributed by atoms with E-state index in [-0.39, 0.29) is 4.83 Å². The fraction of sp³-hybridized carbons (Fsp3) is 0.600. The third-order valence-electron chi connectivity index (χ3n) is 5.39. The number of hydrogen-bond acceptors (Lipinski definition) is 0. The molecule has 0 heterocycles. The SMILES string of the molecule is Fc1ccc(C(Br)C2C3C4CCC(C4)C32)cc1F. The summed E-state index contributed by atoms with van der Waals surface area (Å²) in [5.74, 6) is 2.69. The van der Waals surface area contributed by atoms with E-state index >= 15 is 0 Å². The summed E-state index contributed by atoms with van der Waals surface area (Å²) in [7, 11) is 0. The highest BCUT2D eigenvalue weighted by Crippen LogP contribution is 2.73. The molecule has 0 saturated heterocycles. The van der Waals surface area contributed by atoms with Crippen molar-refractivity contribution in [3.8, 4) is 0 Å². The normalized spacial score (nSPS) is 41.8. The largest absolute Gasteiger partial charge is 0.204 e. The van der Waals surface area contributed by atoms with Crippen molar-refractivity contribution in [3.63, 3.8) is 0 Å². The molecule has 1 aromatic rings. The molecule has 3 heteroatoms. The molecule has 3 aliphatic rings. The number of rotatable bonds is 2. The summed E-state index contributed by atoms with van der Waals surface area (Å²) in [5, 5.41) is 0. The van der Waals surface area contributed by atoms with Crippen LogP contribution in [0.2, 0.25) is 0 Å². The van der Waals surface area contributed by atoms with E-state index < -0.39 is 11.6 Å². The quantitative estimate of drug-likeness (QED) is 0.695. The zero-order valence-electron chi connectivity index (χ0n) is 9.95. The second-order valence-electron chi connectivity index (χ2n) is 6.14. The minimum atomic E-state index is -0.755. The Hall–Kier alpha value is -0.440. The van der Waals surface area contributed by atoms with E-state index in [1.165, 1.54) is 31.4 Å². The van der Waals surface area contributed by atoms with E-state index in [1.54, 1.807) is 6.07 Å². The minimum absolute atomic E-state index is 0.200. The molecule has 0 spiro atoms. The number of alkyl halides is 1. The van der Waals surface area contributed by atoms with Gasteiger partial charge in [-0.1, -0.05) is 22.0 Å². The van der Waals surface area contributed by atoms with E-state index in [2.05, 4.69) is 15.9 Å². The van der Waals surface area contributed by atoms with Crippen molar-refractivity contribution in [2.75, 3.05) is 0 Å². The first-order valence-corrected chi connectivity index (χ1v) is 7.67. The van der Waals surface area contributed by atoms with E-state index in [0.717, 1.165) is 29.2 Å². The molecule has 2 bridgehead atoms. The highest BCUT2D eigenvalue weighted by molar-refractivity contribution is 9.09. The maximum Gasteiger partial charge on any atom is 0.159 e. The van der Waals surface area contributed by atoms with Crippen molar-refractivity contribution in [3.05, 3.63) is 35.4 Å².